The monoisotopic (exact) mass is 868 g/mol. The summed E-state index contributed by atoms with van der Waals surface area (Å²) in [6.07, 6.45) is 19.2. The number of benzene rings is 4. The number of fused-ring (bicyclic) bond motifs is 4. The Hall–Kier alpha value is -1.28. The molecule has 47 heavy (non-hydrogen) atoms. The van der Waals surface area contributed by atoms with Crippen LogP contribution in [0.15, 0.2) is 135 Å². The van der Waals surface area contributed by atoms with Crippen LogP contribution in [0.4, 0.5) is 0 Å². The van der Waals surface area contributed by atoms with E-state index in [1.807, 2.05) is 0 Å². The van der Waals surface area contributed by atoms with Gasteiger partial charge in [-0.15, -0.1) is 13.2 Å². The first-order valence-corrected chi connectivity index (χ1v) is 31.8. The summed E-state index contributed by atoms with van der Waals surface area (Å²) in [5.41, 5.74) is 12.0. The molecule has 0 heterocycles. The van der Waals surface area contributed by atoms with Crippen molar-refractivity contribution in [1.29, 1.82) is 0 Å². The fourth-order valence-corrected chi connectivity index (χ4v) is 26.5. The Morgan fingerprint density at radius 3 is 1.11 bits per heavy atom. The van der Waals surface area contributed by atoms with Gasteiger partial charge in [-0.25, -0.2) is 0 Å². The summed E-state index contributed by atoms with van der Waals surface area (Å²) in [6.45, 7) is 8.37. The summed E-state index contributed by atoms with van der Waals surface area (Å²) < 4.78 is 8.07. The quantitative estimate of drug-likeness (QED) is 0.170. The average Bonchev–Trinajstić information content (AvgIpc) is 3.84. The SMILES string of the molecule is C1=C[CH]([Zr+4][CH]2C=Cc3ccccc32)c2ccccc21.C=C.[CH3][Zr]([CH3])(=[SiH2])([CH]1C=Cc2ccccc21)[CH]1C=Cc2ccccc21.[Cl-].[Cl-].[Cl-].[Cl-]. The maximum Gasteiger partial charge on any atom is -1.00 e. The molecular formula is C40H40Cl4SiZr2. The molecule has 4 aliphatic carbocycles. The first kappa shape index (κ1) is 41.9. The van der Waals surface area contributed by atoms with Crippen molar-refractivity contribution >= 4 is 31.2 Å². The largest absolute Gasteiger partial charge is 1.00 e. The zero-order chi connectivity index (χ0) is 30.1. The molecule has 0 saturated heterocycles. The molecule has 0 aromatic heterocycles. The van der Waals surface area contributed by atoms with Crippen molar-refractivity contribution in [2.45, 2.75) is 23.8 Å². The van der Waals surface area contributed by atoms with E-state index >= 15 is 0 Å². The van der Waals surface area contributed by atoms with Crippen LogP contribution in [0.2, 0.25) is 9.26 Å². The molecule has 0 spiro atoms. The van der Waals surface area contributed by atoms with Gasteiger partial charge in [0.1, 0.15) is 0 Å². The molecule has 240 valence electrons. The molecule has 4 aliphatic rings. The van der Waals surface area contributed by atoms with Crippen molar-refractivity contribution in [1.82, 2.24) is 0 Å². The van der Waals surface area contributed by atoms with Gasteiger partial charge in [0.05, 0.1) is 0 Å². The Labute approximate surface area is 320 Å². The van der Waals surface area contributed by atoms with Crippen LogP contribution < -0.4 is 49.6 Å². The maximum absolute atomic E-state index is 3.02. The standard InChI is InChI=1S/4C9H7.C2H4.2CH3.4ClH.H2Si.2Zr/c4*1-2-5-9-7-3-6-8(9)4-1;1-2;;;;;;;;;/h4*1-7H;1-2H2;2*1H3;4*1H;1H2;;/q;;;;;;;;;;;;;+4/p-4. The minimum absolute atomic E-state index is 0. The molecule has 4 aromatic carbocycles. The first-order valence-electron chi connectivity index (χ1n) is 15.3. The first-order chi connectivity index (χ1) is 20.9. The average molecular weight is 873 g/mol. The van der Waals surface area contributed by atoms with Gasteiger partial charge < -0.3 is 49.6 Å². The van der Waals surface area contributed by atoms with Crippen molar-refractivity contribution in [3.63, 3.8) is 0 Å². The molecule has 0 amide bonds. The van der Waals surface area contributed by atoms with Crippen molar-refractivity contribution in [2.75, 3.05) is 0 Å². The molecule has 0 nitrogen and oxygen atoms in total. The Kier molecular flexibility index (Phi) is 15.7. The molecule has 4 unspecified atom stereocenters. The van der Waals surface area contributed by atoms with E-state index in [2.05, 4.69) is 175 Å². The molecular weight excluding hydrogens is 833 g/mol. The summed E-state index contributed by atoms with van der Waals surface area (Å²) >= 11 is -3.56. The summed E-state index contributed by atoms with van der Waals surface area (Å²) in [5, 5.41) is 0. The van der Waals surface area contributed by atoms with Gasteiger partial charge in [-0.1, -0.05) is 0 Å². The van der Waals surface area contributed by atoms with E-state index in [-0.39, 0.29) is 49.6 Å². The van der Waals surface area contributed by atoms with Crippen molar-refractivity contribution in [3.05, 3.63) is 179 Å². The Bertz CT molecular complexity index is 1740. The van der Waals surface area contributed by atoms with Gasteiger partial charge in [-0.2, -0.15) is 0 Å². The van der Waals surface area contributed by atoms with Gasteiger partial charge in [-0.05, 0) is 0 Å². The topological polar surface area (TPSA) is 0 Å². The van der Waals surface area contributed by atoms with Gasteiger partial charge in [-0.3, -0.25) is 0 Å². The van der Waals surface area contributed by atoms with Gasteiger partial charge >= 0.3 is 261 Å². The van der Waals surface area contributed by atoms with Crippen LogP contribution in [0.1, 0.15) is 59.0 Å². The van der Waals surface area contributed by atoms with Crippen molar-refractivity contribution in [2.24, 2.45) is 0 Å². The molecule has 0 radical (unpaired) electrons. The van der Waals surface area contributed by atoms with Crippen LogP contribution >= 0.6 is 0 Å². The predicted molar refractivity (Wildman–Crippen MR) is 184 cm³/mol. The number of rotatable bonds is 4. The second kappa shape index (κ2) is 17.6. The van der Waals surface area contributed by atoms with Gasteiger partial charge in [0.2, 0.25) is 0 Å². The van der Waals surface area contributed by atoms with Gasteiger partial charge in [0.15, 0.2) is 0 Å². The summed E-state index contributed by atoms with van der Waals surface area (Å²) in [7, 11) is 0. The molecule has 4 aromatic rings. The third-order valence-electron chi connectivity index (χ3n) is 9.60. The minimum atomic E-state index is -3.02. The van der Waals surface area contributed by atoms with Crippen LogP contribution in [0.5, 0.6) is 0 Å². The molecule has 0 aliphatic heterocycles. The normalized spacial score (nSPS) is 19.9. The molecule has 0 bridgehead atoms. The third kappa shape index (κ3) is 8.38. The van der Waals surface area contributed by atoms with E-state index in [1.165, 1.54) is 22.3 Å². The van der Waals surface area contributed by atoms with E-state index in [0.29, 0.717) is 7.25 Å². The van der Waals surface area contributed by atoms with Crippen LogP contribution in [0.3, 0.4) is 0 Å². The minimum Gasteiger partial charge on any atom is -1.00 e. The van der Waals surface area contributed by atoms with Crippen LogP contribution in [0, 0.1) is 0 Å². The fraction of sp³-hybridized carbons (Fsp3) is 0.150. The second-order valence-corrected chi connectivity index (χ2v) is 47.5. The van der Waals surface area contributed by atoms with Crippen LogP contribution in [-0.2, 0) is 40.6 Å². The van der Waals surface area contributed by atoms with E-state index in [0.717, 1.165) is 7.25 Å². The van der Waals surface area contributed by atoms with Gasteiger partial charge in [0, 0.05) is 0 Å². The molecule has 0 saturated carbocycles. The Morgan fingerprint density at radius 2 is 0.745 bits per heavy atom. The summed E-state index contributed by atoms with van der Waals surface area (Å²) in [4.78, 5) is 0. The fourth-order valence-electron chi connectivity index (χ4n) is 7.33. The summed E-state index contributed by atoms with van der Waals surface area (Å²) in [5.74, 6) is 0. The number of allylic oxidation sites excluding steroid dienone is 4. The summed E-state index contributed by atoms with van der Waals surface area (Å²) in [6, 6.07) is 35.7. The van der Waals surface area contributed by atoms with E-state index < -0.39 is 40.6 Å². The number of halogens is 4. The molecule has 0 N–H and O–H groups in total. The number of hydrogen-bond donors (Lipinski definition) is 0. The van der Waals surface area contributed by atoms with E-state index in [4.69, 9.17) is 0 Å². The maximum atomic E-state index is 3.00. The zero-order valence-electron chi connectivity index (χ0n) is 26.8. The smallest absolute Gasteiger partial charge is 1.00 e. The van der Waals surface area contributed by atoms with Crippen molar-refractivity contribution in [3.8, 4) is 0 Å². The molecule has 8 rings (SSSR count). The van der Waals surface area contributed by atoms with Gasteiger partial charge in [0.25, 0.3) is 0 Å². The third-order valence-corrected chi connectivity index (χ3v) is 31.6. The zero-order valence-corrected chi connectivity index (χ0v) is 36.2. The van der Waals surface area contributed by atoms with E-state index in [1.54, 1.807) is 22.3 Å². The van der Waals surface area contributed by atoms with Crippen molar-refractivity contribution < 1.29 is 90.3 Å². The molecule has 4 atom stereocenters. The van der Waals surface area contributed by atoms with E-state index in [9.17, 15) is 0 Å². The van der Waals surface area contributed by atoms with Crippen LogP contribution in [-0.4, -0.2) is 6.88 Å². The number of hydrogen-bond acceptors (Lipinski definition) is 0. The molecule has 0 fully saturated rings. The predicted octanol–water partition coefficient (Wildman–Crippen LogP) is -1.72. The Morgan fingerprint density at radius 1 is 0.468 bits per heavy atom. The second-order valence-electron chi connectivity index (χ2n) is 13.0. The Balaban J connectivity index is 0.000000289. The molecule has 7 heteroatoms. The van der Waals surface area contributed by atoms with Crippen LogP contribution in [0.25, 0.3) is 24.3 Å².